The molecule has 0 bridgehead atoms. The third kappa shape index (κ3) is 4.23. The summed E-state index contributed by atoms with van der Waals surface area (Å²) < 4.78 is 16.2. The zero-order valence-corrected chi connectivity index (χ0v) is 18.5. The van der Waals surface area contributed by atoms with E-state index in [0.717, 1.165) is 0 Å². The van der Waals surface area contributed by atoms with Crippen LogP contribution in [0, 0.1) is 0 Å². The molecule has 3 aromatic rings. The van der Waals surface area contributed by atoms with Crippen molar-refractivity contribution >= 4 is 23.1 Å². The van der Waals surface area contributed by atoms with Gasteiger partial charge in [0.1, 0.15) is 22.9 Å². The van der Waals surface area contributed by atoms with Crippen molar-refractivity contribution in [1.29, 1.82) is 0 Å². The number of hydrogen-bond donors (Lipinski definition) is 1. The number of anilines is 1. The lowest BCUT2D eigenvalue weighted by Crippen LogP contribution is -2.32. The van der Waals surface area contributed by atoms with E-state index < -0.39 is 11.8 Å². The molecule has 8 nitrogen and oxygen atoms in total. The number of para-hydroxylation sites is 1. The molecular weight excluding hydrogens is 422 g/mol. The van der Waals surface area contributed by atoms with Crippen molar-refractivity contribution in [2.24, 2.45) is 0 Å². The van der Waals surface area contributed by atoms with Crippen LogP contribution < -0.4 is 19.5 Å². The Labute approximate surface area is 191 Å². The Bertz CT molecular complexity index is 1220. The molecule has 8 heteroatoms. The van der Waals surface area contributed by atoms with E-state index in [-0.39, 0.29) is 17.8 Å². The van der Waals surface area contributed by atoms with Gasteiger partial charge in [0.05, 0.1) is 44.8 Å². The number of ether oxygens (including phenoxy) is 3. The second-order valence-corrected chi connectivity index (χ2v) is 7.16. The molecule has 1 aliphatic rings. The Morgan fingerprint density at radius 1 is 0.848 bits per heavy atom. The topological polar surface area (TPSA) is 90.0 Å². The predicted octanol–water partition coefficient (Wildman–Crippen LogP) is 3.50. The fraction of sp³-hybridized carbons (Fsp3) is 0.160. The number of amides is 2. The molecular formula is C25H23N3O5. The highest BCUT2D eigenvalue weighted by atomic mass is 16.5. The van der Waals surface area contributed by atoms with Gasteiger partial charge in [-0.3, -0.25) is 19.5 Å². The molecule has 1 aliphatic heterocycles. The van der Waals surface area contributed by atoms with Crippen molar-refractivity contribution in [2.45, 2.75) is 6.54 Å². The van der Waals surface area contributed by atoms with Gasteiger partial charge in [-0.15, -0.1) is 0 Å². The zero-order valence-electron chi connectivity index (χ0n) is 18.5. The molecule has 1 N–H and O–H groups in total. The fourth-order valence-electron chi connectivity index (χ4n) is 3.64. The molecule has 0 atom stereocenters. The lowest BCUT2D eigenvalue weighted by Gasteiger charge is -2.16. The fourth-order valence-corrected chi connectivity index (χ4v) is 3.64. The Morgan fingerprint density at radius 2 is 1.61 bits per heavy atom. The van der Waals surface area contributed by atoms with Gasteiger partial charge in [-0.05, 0) is 30.3 Å². The summed E-state index contributed by atoms with van der Waals surface area (Å²) in [6, 6.07) is 17.6. The van der Waals surface area contributed by atoms with E-state index in [9.17, 15) is 9.59 Å². The molecule has 0 radical (unpaired) electrons. The summed E-state index contributed by atoms with van der Waals surface area (Å²) in [5.74, 6) is 0.618. The number of methoxy groups -OCH3 is 3. The molecule has 4 rings (SSSR count). The Kier molecular flexibility index (Phi) is 6.26. The number of rotatable bonds is 8. The minimum Gasteiger partial charge on any atom is -0.497 e. The summed E-state index contributed by atoms with van der Waals surface area (Å²) >= 11 is 0. The molecule has 1 aromatic heterocycles. The molecule has 2 amide bonds. The van der Waals surface area contributed by atoms with Crippen LogP contribution in [0.1, 0.15) is 11.3 Å². The van der Waals surface area contributed by atoms with Gasteiger partial charge in [0.25, 0.3) is 11.8 Å². The third-order valence-electron chi connectivity index (χ3n) is 5.26. The van der Waals surface area contributed by atoms with E-state index in [0.29, 0.717) is 34.2 Å². The molecule has 2 aromatic carbocycles. The van der Waals surface area contributed by atoms with Gasteiger partial charge in [-0.25, -0.2) is 0 Å². The van der Waals surface area contributed by atoms with Gasteiger partial charge in [-0.2, -0.15) is 0 Å². The highest BCUT2D eigenvalue weighted by Crippen LogP contribution is 2.38. The average molecular weight is 445 g/mol. The average Bonchev–Trinajstić information content (AvgIpc) is 3.08. The van der Waals surface area contributed by atoms with Crippen molar-refractivity contribution in [3.8, 4) is 17.2 Å². The molecule has 0 unspecified atom stereocenters. The normalized spacial score (nSPS) is 13.4. The van der Waals surface area contributed by atoms with Crippen LogP contribution >= 0.6 is 0 Å². The molecule has 168 valence electrons. The SMILES string of the molecule is COc1ccc(OC)c(NC2=C(c3ccccc3OC)C(=O)N(Cc3ccccn3)C2=O)c1. The second-order valence-electron chi connectivity index (χ2n) is 7.16. The number of nitrogens with zero attached hydrogens (tertiary/aromatic N) is 2. The Hall–Kier alpha value is -4.33. The van der Waals surface area contributed by atoms with Crippen LogP contribution in [0.3, 0.4) is 0 Å². The van der Waals surface area contributed by atoms with E-state index in [1.165, 1.54) is 19.1 Å². The number of carbonyl (C=O) groups excluding carboxylic acids is 2. The van der Waals surface area contributed by atoms with Gasteiger partial charge in [0, 0.05) is 17.8 Å². The van der Waals surface area contributed by atoms with E-state index in [4.69, 9.17) is 14.2 Å². The van der Waals surface area contributed by atoms with Crippen molar-refractivity contribution in [2.75, 3.05) is 26.6 Å². The molecule has 33 heavy (non-hydrogen) atoms. The zero-order chi connectivity index (χ0) is 23.4. The van der Waals surface area contributed by atoms with Gasteiger partial charge >= 0.3 is 0 Å². The maximum Gasteiger partial charge on any atom is 0.278 e. The van der Waals surface area contributed by atoms with Crippen LogP contribution in [0.5, 0.6) is 17.2 Å². The van der Waals surface area contributed by atoms with E-state index >= 15 is 0 Å². The van der Waals surface area contributed by atoms with Crippen LogP contribution in [0.4, 0.5) is 5.69 Å². The molecule has 0 saturated carbocycles. The van der Waals surface area contributed by atoms with Gasteiger partial charge in [-0.1, -0.05) is 24.3 Å². The second kappa shape index (κ2) is 9.44. The minimum atomic E-state index is -0.476. The number of benzene rings is 2. The molecule has 0 fully saturated rings. The summed E-state index contributed by atoms with van der Waals surface area (Å²) in [7, 11) is 4.59. The molecule has 0 spiro atoms. The van der Waals surface area contributed by atoms with Crippen LogP contribution in [0.15, 0.2) is 72.6 Å². The maximum atomic E-state index is 13.5. The van der Waals surface area contributed by atoms with Crippen LogP contribution in [-0.2, 0) is 16.1 Å². The van der Waals surface area contributed by atoms with Crippen LogP contribution in [0.25, 0.3) is 5.57 Å². The Morgan fingerprint density at radius 3 is 2.30 bits per heavy atom. The number of nitrogens with one attached hydrogen (secondary N) is 1. The summed E-state index contributed by atoms with van der Waals surface area (Å²) in [6.07, 6.45) is 1.62. The van der Waals surface area contributed by atoms with Gasteiger partial charge < -0.3 is 19.5 Å². The number of aromatic nitrogens is 1. The lowest BCUT2D eigenvalue weighted by atomic mass is 10.0. The Balaban J connectivity index is 1.82. The first-order chi connectivity index (χ1) is 16.1. The van der Waals surface area contributed by atoms with E-state index in [1.807, 2.05) is 6.07 Å². The number of carbonyl (C=O) groups is 2. The standard InChI is InChI=1S/C25H23N3O5/c1-31-17-11-12-21(33-3)19(14-17)27-23-22(18-9-4-5-10-20(18)32-2)24(29)28(25(23)30)15-16-8-6-7-13-26-16/h4-14,27H,15H2,1-3H3. The number of hydrogen-bond acceptors (Lipinski definition) is 7. The van der Waals surface area contributed by atoms with Gasteiger partial charge in [0.15, 0.2) is 0 Å². The van der Waals surface area contributed by atoms with E-state index in [2.05, 4.69) is 10.3 Å². The molecule has 2 heterocycles. The smallest absolute Gasteiger partial charge is 0.278 e. The predicted molar refractivity (Wildman–Crippen MR) is 123 cm³/mol. The van der Waals surface area contributed by atoms with Crippen molar-refractivity contribution < 1.29 is 23.8 Å². The largest absolute Gasteiger partial charge is 0.497 e. The first kappa shape index (κ1) is 21.9. The van der Waals surface area contributed by atoms with Crippen molar-refractivity contribution in [3.05, 3.63) is 83.8 Å². The van der Waals surface area contributed by atoms with Gasteiger partial charge in [0.2, 0.25) is 0 Å². The summed E-state index contributed by atoms with van der Waals surface area (Å²) in [4.78, 5) is 32.5. The van der Waals surface area contributed by atoms with Crippen molar-refractivity contribution in [1.82, 2.24) is 9.88 Å². The number of pyridine rings is 1. The quantitative estimate of drug-likeness (QED) is 0.531. The minimum absolute atomic E-state index is 0.0393. The summed E-state index contributed by atoms with van der Waals surface area (Å²) in [5, 5.41) is 3.12. The summed E-state index contributed by atoms with van der Waals surface area (Å²) in [5.41, 5.74) is 1.91. The van der Waals surface area contributed by atoms with Crippen molar-refractivity contribution in [3.63, 3.8) is 0 Å². The van der Waals surface area contributed by atoms with Crippen LogP contribution in [-0.4, -0.2) is 43.0 Å². The first-order valence-corrected chi connectivity index (χ1v) is 10.2. The lowest BCUT2D eigenvalue weighted by molar-refractivity contribution is -0.137. The first-order valence-electron chi connectivity index (χ1n) is 10.2. The molecule has 0 saturated heterocycles. The molecule has 0 aliphatic carbocycles. The number of imide groups is 1. The maximum absolute atomic E-state index is 13.5. The monoisotopic (exact) mass is 445 g/mol. The third-order valence-corrected chi connectivity index (χ3v) is 5.26. The van der Waals surface area contributed by atoms with Crippen LogP contribution in [0.2, 0.25) is 0 Å². The highest BCUT2D eigenvalue weighted by Gasteiger charge is 2.40. The van der Waals surface area contributed by atoms with E-state index in [1.54, 1.807) is 67.9 Å². The summed E-state index contributed by atoms with van der Waals surface area (Å²) in [6.45, 7) is 0.0393. The highest BCUT2D eigenvalue weighted by molar-refractivity contribution is 6.37.